The van der Waals surface area contributed by atoms with Crippen molar-refractivity contribution in [2.75, 3.05) is 26.2 Å². The quantitative estimate of drug-likeness (QED) is 0.805. The number of benzene rings is 1. The van der Waals surface area contributed by atoms with E-state index in [0.29, 0.717) is 26.2 Å². The molecule has 0 spiro atoms. The minimum Gasteiger partial charge on any atom is -0.337 e. The van der Waals surface area contributed by atoms with Gasteiger partial charge in [-0.3, -0.25) is 9.69 Å². The van der Waals surface area contributed by atoms with Crippen molar-refractivity contribution in [3.05, 3.63) is 64.4 Å². The summed E-state index contributed by atoms with van der Waals surface area (Å²) >= 11 is 1.62. The van der Waals surface area contributed by atoms with Gasteiger partial charge in [0.2, 0.25) is 5.91 Å². The molecule has 1 fully saturated rings. The molecule has 1 saturated heterocycles. The molecule has 1 aliphatic rings. The number of hydrogen-bond donors (Lipinski definition) is 0. The summed E-state index contributed by atoms with van der Waals surface area (Å²) in [5.41, 5.74) is 2.07. The van der Waals surface area contributed by atoms with Crippen LogP contribution in [0.5, 0.6) is 0 Å². The van der Waals surface area contributed by atoms with Crippen molar-refractivity contribution in [3.63, 3.8) is 0 Å². The maximum absolute atomic E-state index is 12.3. The van der Waals surface area contributed by atoms with E-state index < -0.39 is 0 Å². The number of nitrogens with zero attached hydrogens (tertiary/aromatic N) is 3. The number of amides is 1. The van der Waals surface area contributed by atoms with Crippen molar-refractivity contribution in [2.45, 2.75) is 6.04 Å². The van der Waals surface area contributed by atoms with Gasteiger partial charge in [0.25, 0.3) is 0 Å². The average molecular weight is 337 g/mol. The van der Waals surface area contributed by atoms with E-state index in [9.17, 15) is 10.1 Å². The molecular weight excluding hydrogens is 318 g/mol. The highest BCUT2D eigenvalue weighted by atomic mass is 32.1. The minimum absolute atomic E-state index is 0.0362. The second kappa shape index (κ2) is 7.91. The van der Waals surface area contributed by atoms with Crippen molar-refractivity contribution in [2.24, 2.45) is 0 Å². The summed E-state index contributed by atoms with van der Waals surface area (Å²) in [6, 6.07) is 14.0. The number of nitriles is 1. The summed E-state index contributed by atoms with van der Waals surface area (Å²) in [6.45, 7) is 2.73. The standard InChI is InChI=1S/C19H19N3OS/c20-14-18(17-4-2-1-3-5-17)21-9-11-22(12-10-21)19(23)7-6-16-8-13-24-15-16/h1-8,13,15,18H,9-12H2. The van der Waals surface area contributed by atoms with E-state index in [1.165, 1.54) is 0 Å². The molecule has 1 atom stereocenters. The highest BCUT2D eigenvalue weighted by molar-refractivity contribution is 7.08. The van der Waals surface area contributed by atoms with Crippen LogP contribution < -0.4 is 0 Å². The van der Waals surface area contributed by atoms with E-state index in [-0.39, 0.29) is 11.9 Å². The Balaban J connectivity index is 1.57. The lowest BCUT2D eigenvalue weighted by atomic mass is 10.1. The zero-order valence-electron chi connectivity index (χ0n) is 13.3. The Labute approximate surface area is 146 Å². The number of carbonyl (C=O) groups is 1. The fourth-order valence-corrected chi connectivity index (χ4v) is 3.47. The number of hydrogen-bond acceptors (Lipinski definition) is 4. The fraction of sp³-hybridized carbons (Fsp3) is 0.263. The Morgan fingerprint density at radius 2 is 1.92 bits per heavy atom. The molecule has 0 bridgehead atoms. The molecule has 0 aliphatic carbocycles. The van der Waals surface area contributed by atoms with Gasteiger partial charge in [-0.2, -0.15) is 16.6 Å². The third-order valence-corrected chi connectivity index (χ3v) is 4.89. The molecule has 4 nitrogen and oxygen atoms in total. The number of carbonyl (C=O) groups excluding carboxylic acids is 1. The monoisotopic (exact) mass is 337 g/mol. The van der Waals surface area contributed by atoms with Crippen molar-refractivity contribution >= 4 is 23.3 Å². The molecule has 24 heavy (non-hydrogen) atoms. The van der Waals surface area contributed by atoms with Gasteiger partial charge >= 0.3 is 0 Å². The van der Waals surface area contributed by atoms with E-state index >= 15 is 0 Å². The summed E-state index contributed by atoms with van der Waals surface area (Å²) in [6.07, 6.45) is 3.49. The maximum atomic E-state index is 12.3. The van der Waals surface area contributed by atoms with Gasteiger partial charge in [0, 0.05) is 32.3 Å². The van der Waals surface area contributed by atoms with Crippen LogP contribution in [-0.4, -0.2) is 41.9 Å². The lowest BCUT2D eigenvalue weighted by molar-refractivity contribution is -0.127. The molecule has 2 heterocycles. The molecular formula is C19H19N3OS. The van der Waals surface area contributed by atoms with Crippen LogP contribution >= 0.6 is 11.3 Å². The molecule has 0 saturated carbocycles. The third-order valence-electron chi connectivity index (χ3n) is 4.19. The van der Waals surface area contributed by atoms with Crippen LogP contribution in [-0.2, 0) is 4.79 Å². The van der Waals surface area contributed by atoms with Gasteiger partial charge in [0.05, 0.1) is 6.07 Å². The summed E-state index contributed by atoms with van der Waals surface area (Å²) in [7, 11) is 0. The van der Waals surface area contributed by atoms with E-state index in [4.69, 9.17) is 0 Å². The topological polar surface area (TPSA) is 47.3 Å². The summed E-state index contributed by atoms with van der Waals surface area (Å²) in [5, 5.41) is 13.5. The first-order valence-electron chi connectivity index (χ1n) is 7.96. The molecule has 5 heteroatoms. The van der Waals surface area contributed by atoms with Gasteiger partial charge in [-0.05, 0) is 34.0 Å². The van der Waals surface area contributed by atoms with Crippen LogP contribution in [0.25, 0.3) is 6.08 Å². The first-order chi connectivity index (χ1) is 11.8. The first-order valence-corrected chi connectivity index (χ1v) is 8.90. The van der Waals surface area contributed by atoms with Gasteiger partial charge < -0.3 is 4.90 Å². The Kier molecular flexibility index (Phi) is 5.42. The lowest BCUT2D eigenvalue weighted by Gasteiger charge is -2.36. The van der Waals surface area contributed by atoms with Crippen LogP contribution in [0, 0.1) is 11.3 Å². The smallest absolute Gasteiger partial charge is 0.246 e. The summed E-state index contributed by atoms with van der Waals surface area (Å²) in [4.78, 5) is 16.3. The normalized spacial score (nSPS) is 16.9. The van der Waals surface area contributed by atoms with Crippen LogP contribution in [0.3, 0.4) is 0 Å². The fourth-order valence-electron chi connectivity index (χ4n) is 2.85. The average Bonchev–Trinajstić information content (AvgIpc) is 3.15. The SMILES string of the molecule is N#CC(c1ccccc1)N1CCN(C(=O)C=Cc2ccsc2)CC1. The van der Waals surface area contributed by atoms with E-state index in [1.54, 1.807) is 17.4 Å². The first kappa shape index (κ1) is 16.4. The van der Waals surface area contributed by atoms with Gasteiger partial charge in [-0.1, -0.05) is 30.3 Å². The second-order valence-corrected chi connectivity index (χ2v) is 6.47. The van der Waals surface area contributed by atoms with Gasteiger partial charge in [-0.15, -0.1) is 0 Å². The highest BCUT2D eigenvalue weighted by Crippen LogP contribution is 2.21. The Morgan fingerprint density at radius 3 is 2.54 bits per heavy atom. The molecule has 1 aliphatic heterocycles. The van der Waals surface area contributed by atoms with Crippen LogP contribution in [0.15, 0.2) is 53.2 Å². The molecule has 1 aromatic heterocycles. The maximum Gasteiger partial charge on any atom is 0.246 e. The van der Waals surface area contributed by atoms with Gasteiger partial charge in [0.1, 0.15) is 6.04 Å². The van der Waals surface area contributed by atoms with Crippen molar-refractivity contribution in [3.8, 4) is 6.07 Å². The van der Waals surface area contributed by atoms with Gasteiger partial charge in [0.15, 0.2) is 0 Å². The predicted octanol–water partition coefficient (Wildman–Crippen LogP) is 3.17. The Bertz CT molecular complexity index is 726. The molecule has 122 valence electrons. The molecule has 1 unspecified atom stereocenters. The molecule has 1 amide bonds. The van der Waals surface area contributed by atoms with E-state index in [1.807, 2.05) is 58.1 Å². The van der Waals surface area contributed by atoms with Crippen molar-refractivity contribution in [1.82, 2.24) is 9.80 Å². The van der Waals surface area contributed by atoms with Crippen LogP contribution in [0.2, 0.25) is 0 Å². The molecule has 3 rings (SSSR count). The molecule has 1 aromatic carbocycles. The zero-order valence-corrected chi connectivity index (χ0v) is 14.2. The number of thiophene rings is 1. The zero-order chi connectivity index (χ0) is 16.8. The molecule has 0 radical (unpaired) electrons. The van der Waals surface area contributed by atoms with Crippen LogP contribution in [0.1, 0.15) is 17.2 Å². The van der Waals surface area contributed by atoms with Crippen LogP contribution in [0.4, 0.5) is 0 Å². The number of rotatable bonds is 4. The Hall–Kier alpha value is -2.42. The second-order valence-electron chi connectivity index (χ2n) is 5.69. The predicted molar refractivity (Wildman–Crippen MR) is 96.3 cm³/mol. The third kappa shape index (κ3) is 3.91. The molecule has 0 N–H and O–H groups in total. The van der Waals surface area contributed by atoms with E-state index in [2.05, 4.69) is 11.0 Å². The largest absolute Gasteiger partial charge is 0.337 e. The Morgan fingerprint density at radius 1 is 1.17 bits per heavy atom. The lowest BCUT2D eigenvalue weighted by Crippen LogP contribution is -2.49. The number of piperazine rings is 1. The van der Waals surface area contributed by atoms with Crippen molar-refractivity contribution < 1.29 is 4.79 Å². The minimum atomic E-state index is -0.246. The molecule has 2 aromatic rings. The summed E-state index contributed by atoms with van der Waals surface area (Å²) in [5.74, 6) is 0.0362. The van der Waals surface area contributed by atoms with E-state index in [0.717, 1.165) is 11.1 Å². The summed E-state index contributed by atoms with van der Waals surface area (Å²) < 4.78 is 0. The van der Waals surface area contributed by atoms with Crippen molar-refractivity contribution in [1.29, 1.82) is 5.26 Å². The van der Waals surface area contributed by atoms with Gasteiger partial charge in [-0.25, -0.2) is 0 Å². The highest BCUT2D eigenvalue weighted by Gasteiger charge is 2.26.